The number of rotatable bonds is 6. The molecule has 0 atom stereocenters. The number of amides is 1. The largest absolute Gasteiger partial charge is 0.496 e. The second-order valence-corrected chi connectivity index (χ2v) is 6.06. The predicted molar refractivity (Wildman–Crippen MR) is 103 cm³/mol. The molecule has 0 fully saturated rings. The van der Waals surface area contributed by atoms with Crippen molar-refractivity contribution in [2.45, 2.75) is 6.54 Å². The van der Waals surface area contributed by atoms with Gasteiger partial charge in [-0.2, -0.15) is 5.10 Å². The Labute approximate surface area is 161 Å². The van der Waals surface area contributed by atoms with Crippen LogP contribution in [0.4, 0.5) is 0 Å². The molecule has 0 aliphatic rings. The molecular formula is C21H18N4O3. The highest BCUT2D eigenvalue weighted by atomic mass is 16.5. The molecule has 0 unspecified atom stereocenters. The summed E-state index contributed by atoms with van der Waals surface area (Å²) in [7, 11) is 1.61. The molecule has 7 heteroatoms. The van der Waals surface area contributed by atoms with E-state index in [1.807, 2.05) is 48.7 Å². The maximum absolute atomic E-state index is 12.5. The zero-order chi connectivity index (χ0) is 19.3. The van der Waals surface area contributed by atoms with Crippen LogP contribution in [0.25, 0.3) is 16.9 Å². The van der Waals surface area contributed by atoms with Crippen molar-refractivity contribution in [2.75, 3.05) is 7.11 Å². The Morgan fingerprint density at radius 2 is 2.04 bits per heavy atom. The van der Waals surface area contributed by atoms with Gasteiger partial charge in [0.15, 0.2) is 5.76 Å². The van der Waals surface area contributed by atoms with Crippen molar-refractivity contribution in [1.29, 1.82) is 0 Å². The molecule has 140 valence electrons. The van der Waals surface area contributed by atoms with Gasteiger partial charge in [-0.15, -0.1) is 0 Å². The van der Waals surface area contributed by atoms with Crippen LogP contribution in [0.3, 0.4) is 0 Å². The Kier molecular flexibility index (Phi) is 4.88. The molecule has 28 heavy (non-hydrogen) atoms. The Hall–Kier alpha value is -3.87. The lowest BCUT2D eigenvalue weighted by atomic mass is 10.1. The van der Waals surface area contributed by atoms with Gasteiger partial charge in [0.05, 0.1) is 19.3 Å². The molecule has 2 aromatic heterocycles. The van der Waals surface area contributed by atoms with Crippen LogP contribution in [0.5, 0.6) is 5.75 Å². The Bertz CT molecular complexity index is 1090. The first-order valence-electron chi connectivity index (χ1n) is 8.72. The van der Waals surface area contributed by atoms with Gasteiger partial charge in [0.25, 0.3) is 5.91 Å². The summed E-state index contributed by atoms with van der Waals surface area (Å²) in [6.07, 6.45) is 3.51. The highest BCUT2D eigenvalue weighted by Gasteiger charge is 2.13. The number of nitrogens with zero attached hydrogens (tertiary/aromatic N) is 3. The number of methoxy groups -OCH3 is 1. The van der Waals surface area contributed by atoms with Gasteiger partial charge < -0.3 is 14.6 Å². The monoisotopic (exact) mass is 374 g/mol. The minimum absolute atomic E-state index is 0.204. The fourth-order valence-corrected chi connectivity index (χ4v) is 2.86. The molecule has 0 aliphatic carbocycles. The molecule has 7 nitrogen and oxygen atoms in total. The maximum Gasteiger partial charge on any atom is 0.251 e. The standard InChI is InChI=1S/C21H18N4O3/c1-27-20-9-3-2-8-18(20)19-13-17(28-24-19)14-22-21(26)15-6-4-7-16(12-15)25-11-5-10-23-25/h2-13H,14H2,1H3,(H,22,26). The highest BCUT2D eigenvalue weighted by molar-refractivity contribution is 5.94. The third-order valence-electron chi connectivity index (χ3n) is 4.24. The lowest BCUT2D eigenvalue weighted by Crippen LogP contribution is -2.22. The van der Waals surface area contributed by atoms with E-state index in [2.05, 4.69) is 15.6 Å². The molecule has 0 radical (unpaired) electrons. The summed E-state index contributed by atoms with van der Waals surface area (Å²) >= 11 is 0. The number of benzene rings is 2. The molecule has 0 spiro atoms. The third-order valence-corrected chi connectivity index (χ3v) is 4.24. The van der Waals surface area contributed by atoms with E-state index in [1.165, 1.54) is 0 Å². The molecular weight excluding hydrogens is 356 g/mol. The number of hydrogen-bond acceptors (Lipinski definition) is 5. The normalized spacial score (nSPS) is 10.6. The SMILES string of the molecule is COc1ccccc1-c1cc(CNC(=O)c2cccc(-n3cccn3)c2)on1. The van der Waals surface area contributed by atoms with Gasteiger partial charge in [-0.1, -0.05) is 23.4 Å². The molecule has 1 N–H and O–H groups in total. The third kappa shape index (κ3) is 3.64. The average molecular weight is 374 g/mol. The van der Waals surface area contributed by atoms with Crippen molar-refractivity contribution in [3.63, 3.8) is 0 Å². The van der Waals surface area contributed by atoms with Crippen LogP contribution in [0, 0.1) is 0 Å². The van der Waals surface area contributed by atoms with Crippen LogP contribution in [0.2, 0.25) is 0 Å². The van der Waals surface area contributed by atoms with Crippen LogP contribution < -0.4 is 10.1 Å². The fourth-order valence-electron chi connectivity index (χ4n) is 2.86. The van der Waals surface area contributed by atoms with E-state index < -0.39 is 0 Å². The van der Waals surface area contributed by atoms with E-state index in [-0.39, 0.29) is 12.5 Å². The summed E-state index contributed by atoms with van der Waals surface area (Å²) in [5.74, 6) is 1.06. The second-order valence-electron chi connectivity index (χ2n) is 6.06. The van der Waals surface area contributed by atoms with Gasteiger partial charge in [0.2, 0.25) is 0 Å². The average Bonchev–Trinajstić information content (AvgIpc) is 3.44. The summed E-state index contributed by atoms with van der Waals surface area (Å²) in [6, 6.07) is 18.4. The van der Waals surface area contributed by atoms with Crippen molar-refractivity contribution in [3.8, 4) is 22.7 Å². The van der Waals surface area contributed by atoms with Crippen LogP contribution in [-0.2, 0) is 6.54 Å². The van der Waals surface area contributed by atoms with Gasteiger partial charge in [0, 0.05) is 29.6 Å². The van der Waals surface area contributed by atoms with Crippen molar-refractivity contribution >= 4 is 5.91 Å². The van der Waals surface area contributed by atoms with E-state index in [9.17, 15) is 4.79 Å². The van der Waals surface area contributed by atoms with Crippen LogP contribution in [0.1, 0.15) is 16.1 Å². The molecule has 4 aromatic rings. The van der Waals surface area contributed by atoms with Crippen molar-refractivity contribution in [3.05, 3.63) is 84.4 Å². The Balaban J connectivity index is 1.45. The summed E-state index contributed by atoms with van der Waals surface area (Å²) in [5, 5.41) is 11.1. The minimum atomic E-state index is -0.204. The minimum Gasteiger partial charge on any atom is -0.496 e. The quantitative estimate of drug-likeness (QED) is 0.559. The van der Waals surface area contributed by atoms with Crippen LogP contribution in [-0.4, -0.2) is 28.0 Å². The van der Waals surface area contributed by atoms with E-state index in [0.717, 1.165) is 11.3 Å². The highest BCUT2D eigenvalue weighted by Crippen LogP contribution is 2.28. The smallest absolute Gasteiger partial charge is 0.251 e. The molecule has 0 saturated carbocycles. The lowest BCUT2D eigenvalue weighted by molar-refractivity contribution is 0.0947. The number of ether oxygens (including phenoxy) is 1. The Morgan fingerprint density at radius 3 is 2.86 bits per heavy atom. The van der Waals surface area contributed by atoms with Crippen LogP contribution >= 0.6 is 0 Å². The number of aromatic nitrogens is 3. The summed E-state index contributed by atoms with van der Waals surface area (Å²) in [6.45, 7) is 0.229. The van der Waals surface area contributed by atoms with Gasteiger partial charge in [-0.3, -0.25) is 4.79 Å². The second kappa shape index (κ2) is 7.79. The van der Waals surface area contributed by atoms with Crippen molar-refractivity contribution < 1.29 is 14.1 Å². The summed E-state index contributed by atoms with van der Waals surface area (Å²) < 4.78 is 12.4. The van der Waals surface area contributed by atoms with E-state index in [0.29, 0.717) is 22.8 Å². The molecule has 0 saturated heterocycles. The maximum atomic E-state index is 12.5. The molecule has 0 bridgehead atoms. The fraction of sp³-hybridized carbons (Fsp3) is 0.0952. The van der Waals surface area contributed by atoms with E-state index >= 15 is 0 Å². The molecule has 4 rings (SSSR count). The number of para-hydroxylation sites is 1. The van der Waals surface area contributed by atoms with Gasteiger partial charge in [-0.05, 0) is 36.4 Å². The number of hydrogen-bond donors (Lipinski definition) is 1. The topological polar surface area (TPSA) is 82.2 Å². The summed E-state index contributed by atoms with van der Waals surface area (Å²) in [4.78, 5) is 12.5. The first kappa shape index (κ1) is 17.5. The zero-order valence-corrected chi connectivity index (χ0v) is 15.2. The first-order chi connectivity index (χ1) is 13.7. The van der Waals surface area contributed by atoms with Crippen molar-refractivity contribution in [2.24, 2.45) is 0 Å². The van der Waals surface area contributed by atoms with Gasteiger partial charge in [0.1, 0.15) is 11.4 Å². The van der Waals surface area contributed by atoms with E-state index in [4.69, 9.17) is 9.26 Å². The Morgan fingerprint density at radius 1 is 1.14 bits per heavy atom. The molecule has 0 aliphatic heterocycles. The predicted octanol–water partition coefficient (Wildman–Crippen LogP) is 3.47. The number of carbonyl (C=O) groups is 1. The first-order valence-corrected chi connectivity index (χ1v) is 8.72. The van der Waals surface area contributed by atoms with Crippen LogP contribution in [0.15, 0.2) is 77.6 Å². The van der Waals surface area contributed by atoms with E-state index in [1.54, 1.807) is 36.2 Å². The van der Waals surface area contributed by atoms with Gasteiger partial charge >= 0.3 is 0 Å². The lowest BCUT2D eigenvalue weighted by Gasteiger charge is -2.06. The molecule has 1 amide bonds. The number of nitrogens with one attached hydrogen (secondary N) is 1. The molecule has 2 heterocycles. The number of carbonyl (C=O) groups excluding carboxylic acids is 1. The van der Waals surface area contributed by atoms with Crippen molar-refractivity contribution in [1.82, 2.24) is 20.3 Å². The zero-order valence-electron chi connectivity index (χ0n) is 15.2. The summed E-state index contributed by atoms with van der Waals surface area (Å²) in [5.41, 5.74) is 2.84. The van der Waals surface area contributed by atoms with Gasteiger partial charge in [-0.25, -0.2) is 4.68 Å². The molecule has 2 aromatic carbocycles.